The first-order valence-electron chi connectivity index (χ1n) is 7.56. The number of aryl methyl sites for hydroxylation is 2. The van der Waals surface area contributed by atoms with Gasteiger partial charge in [0, 0.05) is 28.7 Å². The van der Waals surface area contributed by atoms with Gasteiger partial charge in [-0.2, -0.15) is 0 Å². The van der Waals surface area contributed by atoms with Crippen molar-refractivity contribution in [1.29, 1.82) is 0 Å². The van der Waals surface area contributed by atoms with Crippen molar-refractivity contribution < 1.29 is 0 Å². The quantitative estimate of drug-likeness (QED) is 0.863. The monoisotopic (exact) mass is 256 g/mol. The first kappa shape index (κ1) is 12.7. The van der Waals surface area contributed by atoms with Crippen molar-refractivity contribution in [2.45, 2.75) is 58.5 Å². The summed E-state index contributed by atoms with van der Waals surface area (Å²) >= 11 is 0. The maximum Gasteiger partial charge on any atom is 0.0491 e. The summed E-state index contributed by atoms with van der Waals surface area (Å²) in [6, 6.07) is 7.93. The van der Waals surface area contributed by atoms with Crippen LogP contribution in [0.5, 0.6) is 0 Å². The average Bonchev–Trinajstić information content (AvgIpc) is 2.76. The minimum atomic E-state index is 0.572. The van der Waals surface area contributed by atoms with Crippen molar-refractivity contribution in [1.82, 2.24) is 10.3 Å². The molecule has 2 aromatic rings. The summed E-state index contributed by atoms with van der Waals surface area (Å²) in [5, 5.41) is 5.14. The number of nitrogens with one attached hydrogen (secondary N) is 2. The van der Waals surface area contributed by atoms with Gasteiger partial charge in [-0.25, -0.2) is 0 Å². The summed E-state index contributed by atoms with van der Waals surface area (Å²) in [7, 11) is 0. The lowest BCUT2D eigenvalue weighted by Gasteiger charge is -2.25. The zero-order chi connectivity index (χ0) is 13.4. The van der Waals surface area contributed by atoms with Crippen molar-refractivity contribution in [3.8, 4) is 0 Å². The first-order chi connectivity index (χ1) is 9.19. The van der Waals surface area contributed by atoms with E-state index in [4.69, 9.17) is 0 Å². The molecule has 0 amide bonds. The lowest BCUT2D eigenvalue weighted by molar-refractivity contribution is 0.421. The number of aromatic amines is 1. The van der Waals surface area contributed by atoms with Gasteiger partial charge >= 0.3 is 0 Å². The highest BCUT2D eigenvalue weighted by molar-refractivity contribution is 5.87. The lowest BCUT2D eigenvalue weighted by Crippen LogP contribution is -2.38. The number of rotatable bonds is 3. The van der Waals surface area contributed by atoms with E-state index in [0.717, 1.165) is 6.42 Å². The predicted octanol–water partition coefficient (Wildman–Crippen LogP) is 3.59. The molecule has 1 aliphatic rings. The summed E-state index contributed by atoms with van der Waals surface area (Å²) in [5.41, 5.74) is 5.84. The maximum absolute atomic E-state index is 3.69. The predicted molar refractivity (Wildman–Crippen MR) is 81.8 cm³/mol. The Morgan fingerprint density at radius 2 is 2.21 bits per heavy atom. The Labute approximate surface area is 115 Å². The Kier molecular flexibility index (Phi) is 3.36. The Morgan fingerprint density at radius 3 is 2.95 bits per heavy atom. The van der Waals surface area contributed by atoms with Crippen LogP contribution in [-0.4, -0.2) is 17.1 Å². The SMILES string of the molecule is CCc1cccc2c3c([nH]c12)CCC(NC(C)C)C3. The molecule has 102 valence electrons. The van der Waals surface area contributed by atoms with Gasteiger partial charge in [-0.15, -0.1) is 0 Å². The number of H-pyrrole nitrogens is 1. The highest BCUT2D eigenvalue weighted by atomic mass is 14.9. The highest BCUT2D eigenvalue weighted by Crippen LogP contribution is 2.31. The number of benzene rings is 1. The smallest absolute Gasteiger partial charge is 0.0491 e. The second-order valence-corrected chi connectivity index (χ2v) is 6.04. The van der Waals surface area contributed by atoms with Crippen molar-refractivity contribution in [2.24, 2.45) is 0 Å². The molecule has 2 nitrogen and oxygen atoms in total. The van der Waals surface area contributed by atoms with E-state index in [1.54, 1.807) is 5.56 Å². The molecule has 0 spiro atoms. The van der Waals surface area contributed by atoms with E-state index >= 15 is 0 Å². The van der Waals surface area contributed by atoms with Gasteiger partial charge in [0.05, 0.1) is 0 Å². The third-order valence-corrected chi connectivity index (χ3v) is 4.26. The van der Waals surface area contributed by atoms with Crippen LogP contribution in [-0.2, 0) is 19.3 Å². The number of aromatic nitrogens is 1. The molecule has 0 saturated carbocycles. The fourth-order valence-electron chi connectivity index (χ4n) is 3.41. The molecule has 2 heteroatoms. The Balaban J connectivity index is 1.99. The third-order valence-electron chi connectivity index (χ3n) is 4.26. The molecule has 1 atom stereocenters. The molecule has 1 aromatic heterocycles. The van der Waals surface area contributed by atoms with Crippen molar-refractivity contribution in [2.75, 3.05) is 0 Å². The molecule has 0 bridgehead atoms. The molecule has 2 N–H and O–H groups in total. The van der Waals surface area contributed by atoms with E-state index in [0.29, 0.717) is 12.1 Å². The summed E-state index contributed by atoms with van der Waals surface area (Å²) in [6.07, 6.45) is 4.70. The third kappa shape index (κ3) is 2.30. The molecule has 1 aromatic carbocycles. The van der Waals surface area contributed by atoms with E-state index < -0.39 is 0 Å². The van der Waals surface area contributed by atoms with E-state index in [1.165, 1.54) is 41.4 Å². The summed E-state index contributed by atoms with van der Waals surface area (Å²) in [6.45, 7) is 6.71. The molecule has 1 heterocycles. The molecular formula is C17H24N2. The van der Waals surface area contributed by atoms with Gasteiger partial charge in [0.1, 0.15) is 0 Å². The molecule has 0 radical (unpaired) electrons. The summed E-state index contributed by atoms with van der Waals surface area (Å²) in [4.78, 5) is 3.68. The van der Waals surface area contributed by atoms with Crippen LogP contribution in [0.1, 0.15) is 44.0 Å². The Hall–Kier alpha value is -1.28. The van der Waals surface area contributed by atoms with Gasteiger partial charge in [0.15, 0.2) is 0 Å². The fourth-order valence-corrected chi connectivity index (χ4v) is 3.41. The average molecular weight is 256 g/mol. The van der Waals surface area contributed by atoms with Gasteiger partial charge < -0.3 is 10.3 Å². The van der Waals surface area contributed by atoms with E-state index in [2.05, 4.69) is 49.3 Å². The zero-order valence-corrected chi connectivity index (χ0v) is 12.2. The Bertz CT molecular complexity index is 580. The normalized spacial score (nSPS) is 19.1. The van der Waals surface area contributed by atoms with Crippen LogP contribution >= 0.6 is 0 Å². The second-order valence-electron chi connectivity index (χ2n) is 6.04. The van der Waals surface area contributed by atoms with Crippen molar-refractivity contribution >= 4 is 10.9 Å². The fraction of sp³-hybridized carbons (Fsp3) is 0.529. The molecule has 0 fully saturated rings. The number of para-hydroxylation sites is 1. The van der Waals surface area contributed by atoms with Crippen LogP contribution in [0, 0.1) is 0 Å². The first-order valence-corrected chi connectivity index (χ1v) is 7.56. The van der Waals surface area contributed by atoms with E-state index in [1.807, 2.05) is 0 Å². The topological polar surface area (TPSA) is 27.8 Å². The van der Waals surface area contributed by atoms with Crippen LogP contribution in [0.3, 0.4) is 0 Å². The van der Waals surface area contributed by atoms with Crippen LogP contribution in [0.15, 0.2) is 18.2 Å². The highest BCUT2D eigenvalue weighted by Gasteiger charge is 2.23. The minimum absolute atomic E-state index is 0.572. The molecule has 1 unspecified atom stereocenters. The van der Waals surface area contributed by atoms with Gasteiger partial charge in [-0.05, 0) is 36.8 Å². The van der Waals surface area contributed by atoms with Gasteiger partial charge in [-0.3, -0.25) is 0 Å². The van der Waals surface area contributed by atoms with Gasteiger partial charge in [0.25, 0.3) is 0 Å². The summed E-state index contributed by atoms with van der Waals surface area (Å²) in [5.74, 6) is 0. The van der Waals surface area contributed by atoms with Crippen molar-refractivity contribution in [3.63, 3.8) is 0 Å². The number of hydrogen-bond acceptors (Lipinski definition) is 1. The van der Waals surface area contributed by atoms with Gasteiger partial charge in [-0.1, -0.05) is 39.0 Å². The van der Waals surface area contributed by atoms with E-state index in [9.17, 15) is 0 Å². The lowest BCUT2D eigenvalue weighted by atomic mass is 9.91. The molecule has 1 aliphatic carbocycles. The van der Waals surface area contributed by atoms with E-state index in [-0.39, 0.29) is 0 Å². The molecule has 19 heavy (non-hydrogen) atoms. The Morgan fingerprint density at radius 1 is 1.37 bits per heavy atom. The molecule has 3 rings (SSSR count). The molecule has 0 saturated heterocycles. The van der Waals surface area contributed by atoms with Crippen LogP contribution in [0.25, 0.3) is 10.9 Å². The van der Waals surface area contributed by atoms with Gasteiger partial charge in [0.2, 0.25) is 0 Å². The number of fused-ring (bicyclic) bond motifs is 3. The standard InChI is InChI=1S/C17H24N2/c1-4-12-6-5-7-14-15-10-13(18-11(2)3)8-9-16(15)19-17(12)14/h5-7,11,13,18-19H,4,8-10H2,1-3H3. The molecule has 0 aliphatic heterocycles. The second kappa shape index (κ2) is 5.01. The van der Waals surface area contributed by atoms with Crippen LogP contribution in [0.2, 0.25) is 0 Å². The summed E-state index contributed by atoms with van der Waals surface area (Å²) < 4.78 is 0. The van der Waals surface area contributed by atoms with Crippen LogP contribution in [0.4, 0.5) is 0 Å². The molecular weight excluding hydrogens is 232 g/mol. The van der Waals surface area contributed by atoms with Crippen molar-refractivity contribution in [3.05, 3.63) is 35.0 Å². The largest absolute Gasteiger partial charge is 0.358 e. The minimum Gasteiger partial charge on any atom is -0.358 e. The van der Waals surface area contributed by atoms with Crippen LogP contribution < -0.4 is 5.32 Å². The maximum atomic E-state index is 3.69. The zero-order valence-electron chi connectivity index (χ0n) is 12.2. The number of hydrogen-bond donors (Lipinski definition) is 2.